The summed E-state index contributed by atoms with van der Waals surface area (Å²) in [5.41, 5.74) is 2.84. The van der Waals surface area contributed by atoms with E-state index in [1.54, 1.807) is 0 Å². The van der Waals surface area contributed by atoms with Crippen LogP contribution in [0.3, 0.4) is 0 Å². The summed E-state index contributed by atoms with van der Waals surface area (Å²) in [6.07, 6.45) is 5.51. The van der Waals surface area contributed by atoms with Crippen molar-refractivity contribution in [2.24, 2.45) is 4.99 Å². The third-order valence-electron chi connectivity index (χ3n) is 5.73. The molecule has 2 N–H and O–H groups in total. The van der Waals surface area contributed by atoms with Gasteiger partial charge < -0.3 is 20.3 Å². The van der Waals surface area contributed by atoms with Crippen LogP contribution in [0.5, 0.6) is 0 Å². The van der Waals surface area contributed by atoms with Crippen LogP contribution in [0.15, 0.2) is 29.3 Å². The lowest BCUT2D eigenvalue weighted by atomic mass is 9.96. The van der Waals surface area contributed by atoms with Crippen molar-refractivity contribution in [1.82, 2.24) is 10.6 Å². The van der Waals surface area contributed by atoms with Crippen LogP contribution in [0.25, 0.3) is 0 Å². The Bertz CT molecular complexity index is 638. The van der Waals surface area contributed by atoms with Gasteiger partial charge in [-0.1, -0.05) is 18.2 Å². The normalized spacial score (nSPS) is 29.5. The van der Waals surface area contributed by atoms with Crippen molar-refractivity contribution in [3.05, 3.63) is 29.8 Å². The summed E-state index contributed by atoms with van der Waals surface area (Å²) in [6.45, 7) is 7.07. The molecule has 2 fully saturated rings. The first-order valence-electron chi connectivity index (χ1n) is 9.79. The van der Waals surface area contributed by atoms with Gasteiger partial charge in [0.05, 0.1) is 24.8 Å². The van der Waals surface area contributed by atoms with Crippen molar-refractivity contribution in [2.45, 2.75) is 63.8 Å². The molecule has 3 aliphatic rings. The highest BCUT2D eigenvalue weighted by atomic mass is 127. The maximum Gasteiger partial charge on any atom is 0.191 e. The van der Waals surface area contributed by atoms with Gasteiger partial charge in [-0.25, -0.2) is 0 Å². The smallest absolute Gasteiger partial charge is 0.191 e. The molecule has 2 bridgehead atoms. The van der Waals surface area contributed by atoms with Crippen LogP contribution >= 0.6 is 24.0 Å². The predicted octanol–water partition coefficient (Wildman–Crippen LogP) is 2.93. The van der Waals surface area contributed by atoms with Crippen molar-refractivity contribution < 1.29 is 4.74 Å². The SMILES string of the molecule is CCNC(=NCCN1c2ccccc2CC1C)NC1CC2CCC1O2.I. The molecule has 0 amide bonds. The number of ether oxygens (including phenoxy) is 1. The predicted molar refractivity (Wildman–Crippen MR) is 118 cm³/mol. The lowest BCUT2D eigenvalue weighted by Crippen LogP contribution is -2.47. The molecule has 144 valence electrons. The molecule has 5 nitrogen and oxygen atoms in total. The van der Waals surface area contributed by atoms with Crippen molar-refractivity contribution in [1.29, 1.82) is 0 Å². The Labute approximate surface area is 174 Å². The van der Waals surface area contributed by atoms with Crippen molar-refractivity contribution in [3.8, 4) is 0 Å². The molecular formula is C20H31IN4O. The number of nitrogens with one attached hydrogen (secondary N) is 2. The van der Waals surface area contributed by atoms with Gasteiger partial charge >= 0.3 is 0 Å². The van der Waals surface area contributed by atoms with Crippen LogP contribution in [0.1, 0.15) is 38.7 Å². The summed E-state index contributed by atoms with van der Waals surface area (Å²) in [5, 5.41) is 6.99. The zero-order valence-corrected chi connectivity index (χ0v) is 18.1. The third kappa shape index (κ3) is 4.11. The summed E-state index contributed by atoms with van der Waals surface area (Å²) in [4.78, 5) is 7.32. The lowest BCUT2D eigenvalue weighted by molar-refractivity contribution is 0.0992. The van der Waals surface area contributed by atoms with E-state index in [1.807, 2.05) is 0 Å². The maximum absolute atomic E-state index is 5.95. The number of aliphatic imine (C=N–C) groups is 1. The van der Waals surface area contributed by atoms with Gasteiger partial charge in [0.25, 0.3) is 0 Å². The van der Waals surface area contributed by atoms with E-state index in [0.29, 0.717) is 24.3 Å². The van der Waals surface area contributed by atoms with E-state index in [0.717, 1.165) is 38.4 Å². The van der Waals surface area contributed by atoms with E-state index in [1.165, 1.54) is 24.1 Å². The average molecular weight is 470 g/mol. The summed E-state index contributed by atoms with van der Waals surface area (Å²) in [5.74, 6) is 0.934. The van der Waals surface area contributed by atoms with Crippen molar-refractivity contribution in [3.63, 3.8) is 0 Å². The standard InChI is InChI=1S/C20H30N4O.HI/c1-3-21-20(23-17-13-16-8-9-19(17)25-16)22-10-11-24-14(2)12-15-6-4-5-7-18(15)24;/h4-7,14,16-17,19H,3,8-13H2,1-2H3,(H2,21,22,23);1H. The molecule has 0 aliphatic carbocycles. The molecule has 0 radical (unpaired) electrons. The third-order valence-corrected chi connectivity index (χ3v) is 5.73. The van der Waals surface area contributed by atoms with Gasteiger partial charge in [0.2, 0.25) is 0 Å². The van der Waals surface area contributed by atoms with Crippen molar-refractivity contribution in [2.75, 3.05) is 24.5 Å². The summed E-state index contributed by atoms with van der Waals surface area (Å²) in [6, 6.07) is 9.73. The van der Waals surface area contributed by atoms with Crippen LogP contribution < -0.4 is 15.5 Å². The minimum atomic E-state index is 0. The monoisotopic (exact) mass is 470 g/mol. The summed E-state index contributed by atoms with van der Waals surface area (Å²) < 4.78 is 5.95. The molecule has 4 rings (SSSR count). The van der Waals surface area contributed by atoms with Crippen LogP contribution in [0.4, 0.5) is 5.69 Å². The molecule has 0 aromatic heterocycles. The molecule has 1 aromatic rings. The lowest BCUT2D eigenvalue weighted by Gasteiger charge is -2.25. The second kappa shape index (κ2) is 8.78. The highest BCUT2D eigenvalue weighted by Crippen LogP contribution is 2.34. The summed E-state index contributed by atoms with van der Waals surface area (Å²) in [7, 11) is 0. The summed E-state index contributed by atoms with van der Waals surface area (Å²) >= 11 is 0. The molecule has 1 aromatic carbocycles. The molecule has 3 heterocycles. The van der Waals surface area contributed by atoms with Gasteiger partial charge in [0, 0.05) is 24.8 Å². The fourth-order valence-electron chi connectivity index (χ4n) is 4.53. The fourth-order valence-corrected chi connectivity index (χ4v) is 4.53. The van der Waals surface area contributed by atoms with Gasteiger partial charge in [-0.15, -0.1) is 24.0 Å². The zero-order valence-electron chi connectivity index (χ0n) is 15.8. The van der Waals surface area contributed by atoms with Crippen LogP contribution in [-0.2, 0) is 11.2 Å². The van der Waals surface area contributed by atoms with E-state index in [-0.39, 0.29) is 24.0 Å². The first-order chi connectivity index (χ1) is 12.2. The van der Waals surface area contributed by atoms with E-state index in [4.69, 9.17) is 9.73 Å². The quantitative estimate of drug-likeness (QED) is 0.395. The Morgan fingerprint density at radius 1 is 1.31 bits per heavy atom. The molecule has 4 atom stereocenters. The largest absolute Gasteiger partial charge is 0.373 e. The number of hydrogen-bond donors (Lipinski definition) is 2. The van der Waals surface area contributed by atoms with Crippen LogP contribution in [-0.4, -0.2) is 49.9 Å². The molecule has 3 aliphatic heterocycles. The van der Waals surface area contributed by atoms with Gasteiger partial charge in [-0.2, -0.15) is 0 Å². The van der Waals surface area contributed by atoms with E-state index < -0.39 is 0 Å². The Kier molecular flexibility index (Phi) is 6.66. The zero-order chi connectivity index (χ0) is 17.2. The highest BCUT2D eigenvalue weighted by Gasteiger charge is 2.41. The van der Waals surface area contributed by atoms with Gasteiger partial charge in [0.15, 0.2) is 5.96 Å². The first-order valence-corrected chi connectivity index (χ1v) is 9.79. The molecule has 26 heavy (non-hydrogen) atoms. The molecule has 0 spiro atoms. The number of anilines is 1. The number of benzene rings is 1. The number of para-hydroxylation sites is 1. The minimum absolute atomic E-state index is 0. The number of nitrogens with zero attached hydrogens (tertiary/aromatic N) is 2. The topological polar surface area (TPSA) is 48.9 Å². The fraction of sp³-hybridized carbons (Fsp3) is 0.650. The van der Waals surface area contributed by atoms with Gasteiger partial charge in [-0.3, -0.25) is 4.99 Å². The number of halogens is 1. The van der Waals surface area contributed by atoms with Gasteiger partial charge in [-0.05, 0) is 51.2 Å². The Hall–Kier alpha value is -1.02. The average Bonchev–Trinajstić information content (AvgIpc) is 3.30. The molecule has 4 unspecified atom stereocenters. The minimum Gasteiger partial charge on any atom is -0.373 e. The molecule has 2 saturated heterocycles. The number of fused-ring (bicyclic) bond motifs is 3. The Morgan fingerprint density at radius 3 is 2.88 bits per heavy atom. The molecule has 0 saturated carbocycles. The second-order valence-electron chi connectivity index (χ2n) is 7.50. The first kappa shape index (κ1) is 19.7. The Morgan fingerprint density at radius 2 is 2.15 bits per heavy atom. The van der Waals surface area contributed by atoms with Crippen LogP contribution in [0, 0.1) is 0 Å². The van der Waals surface area contributed by atoms with E-state index in [2.05, 4.69) is 53.6 Å². The highest BCUT2D eigenvalue weighted by molar-refractivity contribution is 14.0. The van der Waals surface area contributed by atoms with Gasteiger partial charge in [0.1, 0.15) is 0 Å². The van der Waals surface area contributed by atoms with Crippen molar-refractivity contribution >= 4 is 35.6 Å². The Balaban J connectivity index is 0.00000196. The molecular weight excluding hydrogens is 439 g/mol. The number of guanidine groups is 1. The number of rotatable bonds is 5. The van der Waals surface area contributed by atoms with Crippen LogP contribution in [0.2, 0.25) is 0 Å². The maximum atomic E-state index is 5.95. The second-order valence-corrected chi connectivity index (χ2v) is 7.50. The number of hydrogen-bond acceptors (Lipinski definition) is 3. The van der Waals surface area contributed by atoms with E-state index in [9.17, 15) is 0 Å². The molecule has 6 heteroatoms. The van der Waals surface area contributed by atoms with E-state index >= 15 is 0 Å².